The molecular weight excluding hydrogens is 192 g/mol. The van der Waals surface area contributed by atoms with Crippen LogP contribution in [0.2, 0.25) is 0 Å². The average Bonchev–Trinajstić information content (AvgIpc) is 2.29. The fourth-order valence-corrected chi connectivity index (χ4v) is 0.897. The first-order chi connectivity index (χ1) is 7.33. The van der Waals surface area contributed by atoms with Crippen LogP contribution in [0.5, 0.6) is 0 Å². The summed E-state index contributed by atoms with van der Waals surface area (Å²) in [6.45, 7) is 0. The number of benzene rings is 1. The topological polar surface area (TPSA) is 50.7 Å². The Balaban J connectivity index is 2.37. The number of methoxy groups -OCH3 is 1. The van der Waals surface area contributed by atoms with Crippen molar-refractivity contribution in [3.05, 3.63) is 42.0 Å². The van der Waals surface area contributed by atoms with Gasteiger partial charge in [-0.1, -0.05) is 36.4 Å². The van der Waals surface area contributed by atoms with Gasteiger partial charge in [0, 0.05) is 6.21 Å². The number of rotatable bonds is 3. The number of carbonyl (C=O) groups excluding carboxylic acids is 1. The van der Waals surface area contributed by atoms with Gasteiger partial charge in [-0.3, -0.25) is 0 Å². The van der Waals surface area contributed by atoms with E-state index < -0.39 is 6.09 Å². The highest BCUT2D eigenvalue weighted by molar-refractivity contribution is 5.79. The molecule has 0 bridgehead atoms. The first kappa shape index (κ1) is 11.0. The van der Waals surface area contributed by atoms with E-state index in [4.69, 9.17) is 0 Å². The molecule has 78 valence electrons. The Morgan fingerprint density at radius 1 is 1.40 bits per heavy atom. The minimum atomic E-state index is -0.584. The van der Waals surface area contributed by atoms with Gasteiger partial charge in [0.1, 0.15) is 0 Å². The standard InChI is InChI=1S/C11H12N2O2/c1-15-11(14)13-12-9-5-8-10-6-3-2-4-7-10/h2-9H,1H3,(H,13,14). The lowest BCUT2D eigenvalue weighted by Crippen LogP contribution is -2.16. The van der Waals surface area contributed by atoms with Crippen LogP contribution in [0, 0.1) is 0 Å². The van der Waals surface area contributed by atoms with Crippen LogP contribution < -0.4 is 5.43 Å². The fourth-order valence-electron chi connectivity index (χ4n) is 0.897. The van der Waals surface area contributed by atoms with E-state index in [1.54, 1.807) is 6.08 Å². The fraction of sp³-hybridized carbons (Fsp3) is 0.0909. The van der Waals surface area contributed by atoms with Gasteiger partial charge < -0.3 is 4.74 Å². The number of carbonyl (C=O) groups is 1. The van der Waals surface area contributed by atoms with Crippen molar-refractivity contribution in [1.82, 2.24) is 5.43 Å². The van der Waals surface area contributed by atoms with Crippen molar-refractivity contribution in [2.45, 2.75) is 0 Å². The highest BCUT2D eigenvalue weighted by Gasteiger charge is 1.90. The molecule has 1 amide bonds. The summed E-state index contributed by atoms with van der Waals surface area (Å²) in [5.74, 6) is 0. The van der Waals surface area contributed by atoms with E-state index in [2.05, 4.69) is 15.3 Å². The van der Waals surface area contributed by atoms with E-state index in [1.807, 2.05) is 36.4 Å². The molecule has 1 rings (SSSR count). The van der Waals surface area contributed by atoms with Gasteiger partial charge in [-0.25, -0.2) is 10.2 Å². The Kier molecular flexibility index (Phi) is 4.66. The molecule has 0 heterocycles. The molecule has 0 saturated heterocycles. The molecule has 0 aliphatic rings. The normalized spacial score (nSPS) is 10.7. The molecule has 0 radical (unpaired) electrons. The number of nitrogens with one attached hydrogen (secondary N) is 1. The Hall–Kier alpha value is -2.10. The van der Waals surface area contributed by atoms with Crippen LogP contribution in [0.25, 0.3) is 6.08 Å². The van der Waals surface area contributed by atoms with Crippen molar-refractivity contribution in [2.24, 2.45) is 5.10 Å². The molecule has 0 aromatic heterocycles. The number of nitrogens with zero attached hydrogens (tertiary/aromatic N) is 1. The lowest BCUT2D eigenvalue weighted by Gasteiger charge is -1.93. The van der Waals surface area contributed by atoms with Crippen molar-refractivity contribution in [2.75, 3.05) is 7.11 Å². The molecular formula is C11H12N2O2. The molecule has 0 unspecified atom stereocenters. The summed E-state index contributed by atoms with van der Waals surface area (Å²) in [6, 6.07) is 9.79. The van der Waals surface area contributed by atoms with Crippen LogP contribution >= 0.6 is 0 Å². The van der Waals surface area contributed by atoms with Crippen molar-refractivity contribution in [3.63, 3.8) is 0 Å². The van der Waals surface area contributed by atoms with E-state index in [9.17, 15) is 4.79 Å². The van der Waals surface area contributed by atoms with Crippen LogP contribution in [-0.4, -0.2) is 19.4 Å². The molecule has 15 heavy (non-hydrogen) atoms. The highest BCUT2D eigenvalue weighted by atomic mass is 16.5. The van der Waals surface area contributed by atoms with Gasteiger partial charge in [0.2, 0.25) is 0 Å². The molecule has 0 saturated carbocycles. The second-order valence-electron chi connectivity index (χ2n) is 2.65. The van der Waals surface area contributed by atoms with E-state index in [-0.39, 0.29) is 0 Å². The summed E-state index contributed by atoms with van der Waals surface area (Å²) in [6.07, 6.45) is 4.50. The third-order valence-corrected chi connectivity index (χ3v) is 1.59. The summed E-state index contributed by atoms with van der Waals surface area (Å²) in [5, 5.41) is 3.62. The van der Waals surface area contributed by atoms with Gasteiger partial charge in [0.15, 0.2) is 0 Å². The van der Waals surface area contributed by atoms with Crippen molar-refractivity contribution < 1.29 is 9.53 Å². The van der Waals surface area contributed by atoms with E-state index >= 15 is 0 Å². The molecule has 0 fully saturated rings. The SMILES string of the molecule is COC(=O)NN=CC=Cc1ccccc1. The monoisotopic (exact) mass is 204 g/mol. The van der Waals surface area contributed by atoms with Gasteiger partial charge in [0.05, 0.1) is 7.11 Å². The first-order valence-corrected chi connectivity index (χ1v) is 4.41. The largest absolute Gasteiger partial charge is 0.452 e. The lowest BCUT2D eigenvalue weighted by atomic mass is 10.2. The number of hydrogen-bond donors (Lipinski definition) is 1. The number of allylic oxidation sites excluding steroid dienone is 1. The summed E-state index contributed by atoms with van der Waals surface area (Å²) in [4.78, 5) is 10.6. The van der Waals surface area contributed by atoms with Crippen LogP contribution in [0.15, 0.2) is 41.5 Å². The Bertz CT molecular complexity index is 358. The van der Waals surface area contributed by atoms with E-state index in [1.165, 1.54) is 13.3 Å². The Labute approximate surface area is 88.3 Å². The second kappa shape index (κ2) is 6.37. The van der Waals surface area contributed by atoms with E-state index in [0.29, 0.717) is 0 Å². The maximum Gasteiger partial charge on any atom is 0.427 e. The number of amides is 1. The van der Waals surface area contributed by atoms with Crippen molar-refractivity contribution in [1.29, 1.82) is 0 Å². The van der Waals surface area contributed by atoms with E-state index in [0.717, 1.165) is 5.56 Å². The number of hydrogen-bond acceptors (Lipinski definition) is 3. The van der Waals surface area contributed by atoms with Gasteiger partial charge in [-0.15, -0.1) is 0 Å². The van der Waals surface area contributed by atoms with Crippen LogP contribution in [0.4, 0.5) is 4.79 Å². The van der Waals surface area contributed by atoms with Crippen LogP contribution in [-0.2, 0) is 4.74 Å². The molecule has 1 aromatic rings. The Morgan fingerprint density at radius 2 is 2.13 bits per heavy atom. The van der Waals surface area contributed by atoms with Gasteiger partial charge >= 0.3 is 6.09 Å². The minimum absolute atomic E-state index is 0.584. The zero-order valence-corrected chi connectivity index (χ0v) is 8.38. The zero-order chi connectivity index (χ0) is 10.9. The summed E-state index contributed by atoms with van der Waals surface area (Å²) < 4.78 is 4.33. The predicted molar refractivity (Wildman–Crippen MR) is 59.5 cm³/mol. The average molecular weight is 204 g/mol. The quantitative estimate of drug-likeness (QED) is 0.605. The summed E-state index contributed by atoms with van der Waals surface area (Å²) >= 11 is 0. The van der Waals surface area contributed by atoms with Gasteiger partial charge in [-0.2, -0.15) is 5.10 Å². The second-order valence-corrected chi connectivity index (χ2v) is 2.65. The third-order valence-electron chi connectivity index (χ3n) is 1.59. The smallest absolute Gasteiger partial charge is 0.427 e. The number of hydrazone groups is 1. The van der Waals surface area contributed by atoms with Crippen LogP contribution in [0.3, 0.4) is 0 Å². The summed E-state index contributed by atoms with van der Waals surface area (Å²) in [5.41, 5.74) is 3.25. The molecule has 1 aromatic carbocycles. The highest BCUT2D eigenvalue weighted by Crippen LogP contribution is 1.99. The van der Waals surface area contributed by atoms with Crippen LogP contribution in [0.1, 0.15) is 5.56 Å². The molecule has 0 aliphatic heterocycles. The van der Waals surface area contributed by atoms with Crippen molar-refractivity contribution >= 4 is 18.4 Å². The molecule has 1 N–H and O–H groups in total. The lowest BCUT2D eigenvalue weighted by molar-refractivity contribution is 0.171. The van der Waals surface area contributed by atoms with Gasteiger partial charge in [-0.05, 0) is 11.6 Å². The molecule has 0 atom stereocenters. The molecule has 0 spiro atoms. The maximum atomic E-state index is 10.6. The molecule has 4 nitrogen and oxygen atoms in total. The van der Waals surface area contributed by atoms with Gasteiger partial charge in [0.25, 0.3) is 0 Å². The predicted octanol–water partition coefficient (Wildman–Crippen LogP) is 2.04. The molecule has 0 aliphatic carbocycles. The molecule has 4 heteroatoms. The van der Waals surface area contributed by atoms with Crippen molar-refractivity contribution in [3.8, 4) is 0 Å². The third kappa shape index (κ3) is 4.61. The first-order valence-electron chi connectivity index (χ1n) is 4.41. The zero-order valence-electron chi connectivity index (χ0n) is 8.38. The maximum absolute atomic E-state index is 10.6. The summed E-state index contributed by atoms with van der Waals surface area (Å²) in [7, 11) is 1.28. The minimum Gasteiger partial charge on any atom is -0.452 e. The number of ether oxygens (including phenoxy) is 1. The Morgan fingerprint density at radius 3 is 2.80 bits per heavy atom.